The third kappa shape index (κ3) is 4.53. The van der Waals surface area contributed by atoms with Gasteiger partial charge in [-0.05, 0) is 34.7 Å². The van der Waals surface area contributed by atoms with Crippen LogP contribution in [0.1, 0.15) is 29.0 Å². The molecule has 0 unspecified atom stereocenters. The molecule has 1 aromatic heterocycles. The molecule has 6 heteroatoms. The summed E-state index contributed by atoms with van der Waals surface area (Å²) < 4.78 is 10.8. The zero-order valence-corrected chi connectivity index (χ0v) is 17.4. The molecular weight excluding hydrogens is 390 g/mol. The number of nitrogens with two attached hydrogens (primary N) is 1. The van der Waals surface area contributed by atoms with E-state index in [1.165, 1.54) is 22.3 Å². The standard InChI is InChI=1S/C25H25N3O3/c1-30-24-17(14-18(26)15-28-24)8-6-7-13-27-25(29)31-16-23-21-11-4-2-9-19(21)20-10-3-5-12-22(20)23/h2-6,8-12,14-15,23H,7,13,16,26H2,1H3,(H,27,29). The van der Waals surface area contributed by atoms with E-state index in [4.69, 9.17) is 15.2 Å². The van der Waals surface area contributed by atoms with Crippen LogP contribution in [0.4, 0.5) is 10.5 Å². The highest BCUT2D eigenvalue weighted by Gasteiger charge is 2.28. The number of anilines is 1. The summed E-state index contributed by atoms with van der Waals surface area (Å²) >= 11 is 0. The fraction of sp³-hybridized carbons (Fsp3) is 0.200. The first-order chi connectivity index (χ1) is 15.2. The van der Waals surface area contributed by atoms with Crippen LogP contribution >= 0.6 is 0 Å². The second-order valence-electron chi connectivity index (χ2n) is 7.31. The van der Waals surface area contributed by atoms with Crippen molar-refractivity contribution in [2.45, 2.75) is 12.3 Å². The third-order valence-corrected chi connectivity index (χ3v) is 5.31. The van der Waals surface area contributed by atoms with Crippen molar-refractivity contribution < 1.29 is 14.3 Å². The number of nitrogens with one attached hydrogen (secondary N) is 1. The largest absolute Gasteiger partial charge is 0.481 e. The van der Waals surface area contributed by atoms with Crippen LogP contribution in [0, 0.1) is 0 Å². The third-order valence-electron chi connectivity index (χ3n) is 5.31. The Morgan fingerprint density at radius 2 is 1.81 bits per heavy atom. The molecule has 0 radical (unpaired) electrons. The van der Waals surface area contributed by atoms with E-state index in [2.05, 4.69) is 34.6 Å². The number of hydrogen-bond acceptors (Lipinski definition) is 5. The molecule has 0 bridgehead atoms. The lowest BCUT2D eigenvalue weighted by atomic mass is 9.98. The van der Waals surface area contributed by atoms with Crippen LogP contribution in [0.2, 0.25) is 0 Å². The Labute approximate surface area is 181 Å². The van der Waals surface area contributed by atoms with Gasteiger partial charge >= 0.3 is 6.09 Å². The number of nitrogens with zero attached hydrogens (tertiary/aromatic N) is 1. The van der Waals surface area contributed by atoms with Gasteiger partial charge < -0.3 is 20.5 Å². The molecule has 2 aromatic carbocycles. The molecule has 0 saturated carbocycles. The van der Waals surface area contributed by atoms with E-state index < -0.39 is 6.09 Å². The maximum absolute atomic E-state index is 12.2. The number of carbonyl (C=O) groups is 1. The first-order valence-corrected chi connectivity index (χ1v) is 10.2. The van der Waals surface area contributed by atoms with E-state index in [0.29, 0.717) is 31.1 Å². The molecule has 0 aliphatic heterocycles. The van der Waals surface area contributed by atoms with Crippen molar-refractivity contribution >= 4 is 17.9 Å². The Hall–Kier alpha value is -3.80. The number of methoxy groups -OCH3 is 1. The zero-order chi connectivity index (χ0) is 21.6. The number of alkyl carbamates (subject to hydrolysis) is 1. The Kier molecular flexibility index (Phi) is 6.17. The lowest BCUT2D eigenvalue weighted by molar-refractivity contribution is 0.143. The molecule has 4 rings (SSSR count). The maximum Gasteiger partial charge on any atom is 0.407 e. The Morgan fingerprint density at radius 3 is 2.48 bits per heavy atom. The van der Waals surface area contributed by atoms with Crippen LogP contribution in [0.5, 0.6) is 5.88 Å². The van der Waals surface area contributed by atoms with Crippen LogP contribution in [-0.2, 0) is 4.74 Å². The van der Waals surface area contributed by atoms with Crippen molar-refractivity contribution in [3.63, 3.8) is 0 Å². The number of aromatic nitrogens is 1. The first kappa shape index (κ1) is 20.5. The molecule has 1 aliphatic carbocycles. The number of nitrogen functional groups attached to an aromatic ring is 1. The van der Waals surface area contributed by atoms with Crippen LogP contribution in [0.15, 0.2) is 66.9 Å². The highest BCUT2D eigenvalue weighted by Crippen LogP contribution is 2.44. The lowest BCUT2D eigenvalue weighted by Crippen LogP contribution is -2.26. The maximum atomic E-state index is 12.2. The number of ether oxygens (including phenoxy) is 2. The molecule has 0 spiro atoms. The van der Waals surface area contributed by atoms with Gasteiger partial charge in [0.1, 0.15) is 6.61 Å². The number of fused-ring (bicyclic) bond motifs is 3. The van der Waals surface area contributed by atoms with Gasteiger partial charge in [0.25, 0.3) is 0 Å². The summed E-state index contributed by atoms with van der Waals surface area (Å²) in [4.78, 5) is 16.3. The van der Waals surface area contributed by atoms with Crippen molar-refractivity contribution in [2.24, 2.45) is 0 Å². The fourth-order valence-corrected chi connectivity index (χ4v) is 3.89. The summed E-state index contributed by atoms with van der Waals surface area (Å²) in [6.45, 7) is 0.771. The molecule has 3 N–H and O–H groups in total. The van der Waals surface area contributed by atoms with E-state index in [1.54, 1.807) is 19.4 Å². The van der Waals surface area contributed by atoms with Gasteiger partial charge in [-0.15, -0.1) is 0 Å². The van der Waals surface area contributed by atoms with Crippen LogP contribution in [-0.4, -0.2) is 31.3 Å². The molecule has 3 aromatic rings. The predicted octanol–water partition coefficient (Wildman–Crippen LogP) is 4.61. The van der Waals surface area contributed by atoms with E-state index in [9.17, 15) is 4.79 Å². The summed E-state index contributed by atoms with van der Waals surface area (Å²) in [6.07, 6.45) is 5.58. The van der Waals surface area contributed by atoms with Gasteiger partial charge in [-0.1, -0.05) is 60.7 Å². The lowest BCUT2D eigenvalue weighted by Gasteiger charge is -2.14. The molecule has 1 aliphatic rings. The second-order valence-corrected chi connectivity index (χ2v) is 7.31. The van der Waals surface area contributed by atoms with Gasteiger partial charge in [0.15, 0.2) is 0 Å². The van der Waals surface area contributed by atoms with Gasteiger partial charge in [0.05, 0.1) is 19.0 Å². The number of hydrogen-bond donors (Lipinski definition) is 2. The smallest absolute Gasteiger partial charge is 0.407 e. The number of amides is 1. The van der Waals surface area contributed by atoms with Crippen LogP contribution < -0.4 is 15.8 Å². The van der Waals surface area contributed by atoms with Crippen molar-refractivity contribution in [3.8, 4) is 17.0 Å². The Balaban J connectivity index is 1.28. The summed E-state index contributed by atoms with van der Waals surface area (Å²) in [5.74, 6) is 0.566. The number of carbonyl (C=O) groups excluding carboxylic acids is 1. The Morgan fingerprint density at radius 1 is 1.13 bits per heavy atom. The number of benzene rings is 2. The highest BCUT2D eigenvalue weighted by molar-refractivity contribution is 5.79. The zero-order valence-electron chi connectivity index (χ0n) is 17.4. The van der Waals surface area contributed by atoms with Gasteiger partial charge in [0, 0.05) is 18.0 Å². The average Bonchev–Trinajstić information content (AvgIpc) is 3.11. The van der Waals surface area contributed by atoms with Gasteiger partial charge in [0.2, 0.25) is 5.88 Å². The highest BCUT2D eigenvalue weighted by atomic mass is 16.5. The molecule has 31 heavy (non-hydrogen) atoms. The normalized spacial score (nSPS) is 12.4. The van der Waals surface area contributed by atoms with Crippen molar-refractivity contribution in [1.29, 1.82) is 0 Å². The van der Waals surface area contributed by atoms with Crippen LogP contribution in [0.3, 0.4) is 0 Å². The van der Waals surface area contributed by atoms with Crippen LogP contribution in [0.25, 0.3) is 17.2 Å². The average molecular weight is 415 g/mol. The fourth-order valence-electron chi connectivity index (χ4n) is 3.89. The SMILES string of the molecule is COc1ncc(N)cc1C=CCCNC(=O)OCC1c2ccccc2-c2ccccc21. The summed E-state index contributed by atoms with van der Waals surface area (Å²) in [7, 11) is 1.56. The first-order valence-electron chi connectivity index (χ1n) is 10.2. The summed E-state index contributed by atoms with van der Waals surface area (Å²) in [6, 6.07) is 18.3. The molecule has 0 fully saturated rings. The van der Waals surface area contributed by atoms with E-state index in [0.717, 1.165) is 5.56 Å². The minimum Gasteiger partial charge on any atom is -0.481 e. The summed E-state index contributed by atoms with van der Waals surface area (Å²) in [5.41, 5.74) is 12.0. The molecule has 6 nitrogen and oxygen atoms in total. The predicted molar refractivity (Wildman–Crippen MR) is 122 cm³/mol. The van der Waals surface area contributed by atoms with Gasteiger partial charge in [-0.2, -0.15) is 0 Å². The minimum atomic E-state index is -0.418. The number of pyridine rings is 1. The molecular formula is C25H25N3O3. The van der Waals surface area contributed by atoms with Gasteiger partial charge in [-0.25, -0.2) is 9.78 Å². The Bertz CT molecular complexity index is 1070. The topological polar surface area (TPSA) is 86.5 Å². The van der Waals surface area contributed by atoms with Crippen molar-refractivity contribution in [2.75, 3.05) is 26.0 Å². The van der Waals surface area contributed by atoms with E-state index in [1.807, 2.05) is 36.4 Å². The molecule has 1 amide bonds. The van der Waals surface area contributed by atoms with Crippen molar-refractivity contribution in [1.82, 2.24) is 10.3 Å². The van der Waals surface area contributed by atoms with Crippen molar-refractivity contribution in [3.05, 3.63) is 83.6 Å². The molecule has 0 atom stereocenters. The van der Waals surface area contributed by atoms with Gasteiger partial charge in [-0.3, -0.25) is 0 Å². The van der Waals surface area contributed by atoms with E-state index >= 15 is 0 Å². The molecule has 0 saturated heterocycles. The quantitative estimate of drug-likeness (QED) is 0.550. The number of rotatable bonds is 7. The molecule has 158 valence electrons. The molecule has 1 heterocycles. The van der Waals surface area contributed by atoms with E-state index in [-0.39, 0.29) is 5.92 Å². The summed E-state index contributed by atoms with van der Waals surface area (Å²) in [5, 5.41) is 2.80. The monoisotopic (exact) mass is 415 g/mol. The minimum absolute atomic E-state index is 0.0570. The second kappa shape index (κ2) is 9.34.